The van der Waals surface area contributed by atoms with Gasteiger partial charge in [-0.1, -0.05) is 41.1 Å². The maximum atomic E-state index is 13.3. The molecule has 0 saturated heterocycles. The number of rotatable bonds is 4. The molecule has 0 unspecified atom stereocenters. The number of nitrogens with zero attached hydrogens (tertiary/aromatic N) is 1. The van der Waals surface area contributed by atoms with Crippen LogP contribution in [0.3, 0.4) is 0 Å². The molecule has 4 heteroatoms. The van der Waals surface area contributed by atoms with E-state index >= 15 is 0 Å². The second kappa shape index (κ2) is 6.09. The van der Waals surface area contributed by atoms with Crippen LogP contribution < -0.4 is 0 Å². The average molecular weight is 260 g/mol. The predicted molar refractivity (Wildman–Crippen MR) is 68.9 cm³/mol. The Balaban J connectivity index is 1.95. The van der Waals surface area contributed by atoms with Crippen molar-refractivity contribution >= 4 is 6.21 Å². The minimum absolute atomic E-state index is 0.142. The summed E-state index contributed by atoms with van der Waals surface area (Å²) in [5.41, 5.74) is 1.72. The van der Waals surface area contributed by atoms with Crippen molar-refractivity contribution < 1.29 is 13.6 Å². The van der Waals surface area contributed by atoms with Crippen molar-refractivity contribution in [3.8, 4) is 0 Å². The van der Waals surface area contributed by atoms with E-state index in [1.54, 1.807) is 0 Å². The minimum Gasteiger partial charge on any atom is -0.390 e. The van der Waals surface area contributed by atoms with E-state index in [2.05, 4.69) is 11.4 Å². The molecule has 0 bridgehead atoms. The third-order valence-corrected chi connectivity index (χ3v) is 2.56. The van der Waals surface area contributed by atoms with E-state index in [0.717, 1.165) is 11.1 Å². The first-order valence-electron chi connectivity index (χ1n) is 5.74. The molecule has 0 aromatic heterocycles. The van der Waals surface area contributed by atoms with Crippen LogP contribution in [0.15, 0.2) is 47.6 Å². The molecule has 0 aliphatic heterocycles. The summed E-state index contributed by atoms with van der Waals surface area (Å²) < 4.78 is 26.5. The number of aryl methyl sites for hydroxylation is 1. The monoisotopic (exact) mass is 260 g/mol. The van der Waals surface area contributed by atoms with Crippen LogP contribution in [0, 0.1) is 18.6 Å². The number of hydrogen-bond acceptors (Lipinski definition) is 2. The van der Waals surface area contributed by atoms with Gasteiger partial charge in [-0.25, -0.2) is 8.78 Å². The summed E-state index contributed by atoms with van der Waals surface area (Å²) in [6.45, 7) is 1.70. The topological polar surface area (TPSA) is 21.6 Å². The van der Waals surface area contributed by atoms with Crippen LogP contribution in [0.1, 0.15) is 16.7 Å². The van der Waals surface area contributed by atoms with Gasteiger partial charge in [0.05, 0.1) is 5.56 Å². The molecule has 1 radical (unpaired) electrons. The van der Waals surface area contributed by atoms with Crippen LogP contribution in [0.25, 0.3) is 0 Å². The maximum absolute atomic E-state index is 13.3. The third-order valence-electron chi connectivity index (χ3n) is 2.56. The summed E-state index contributed by atoms with van der Waals surface area (Å²) in [6.07, 6.45) is 2.64. The summed E-state index contributed by atoms with van der Waals surface area (Å²) in [5.74, 6) is -1.30. The van der Waals surface area contributed by atoms with Gasteiger partial charge in [-0.15, -0.1) is 0 Å². The van der Waals surface area contributed by atoms with Gasteiger partial charge in [0.15, 0.2) is 0 Å². The number of hydrogen-bond donors (Lipinski definition) is 0. The molecule has 97 valence electrons. The van der Waals surface area contributed by atoms with Gasteiger partial charge in [0.1, 0.15) is 24.5 Å². The Morgan fingerprint density at radius 2 is 1.68 bits per heavy atom. The van der Waals surface area contributed by atoms with Crippen molar-refractivity contribution in [3.63, 3.8) is 0 Å². The van der Waals surface area contributed by atoms with Crippen molar-refractivity contribution in [3.05, 3.63) is 70.8 Å². The lowest BCUT2D eigenvalue weighted by atomic mass is 10.2. The summed E-state index contributed by atoms with van der Waals surface area (Å²) in [5, 5.41) is 3.57. The van der Waals surface area contributed by atoms with E-state index in [-0.39, 0.29) is 12.2 Å². The standard InChI is InChI=1S/C15H12F2NO/c1-11-5-7-12(8-6-11)9-18-19-10-13-14(16)3-2-4-15(13)17/h2-8H,10H2,1H3. The zero-order valence-electron chi connectivity index (χ0n) is 10.4. The van der Waals surface area contributed by atoms with Crippen LogP contribution >= 0.6 is 0 Å². The minimum atomic E-state index is -0.648. The molecular formula is C15H12F2NO. The molecule has 0 N–H and O–H groups in total. The van der Waals surface area contributed by atoms with Gasteiger partial charge >= 0.3 is 0 Å². The lowest BCUT2D eigenvalue weighted by Crippen LogP contribution is -1.96. The van der Waals surface area contributed by atoms with E-state index in [1.807, 2.05) is 31.2 Å². The Bertz CT molecular complexity index is 559. The van der Waals surface area contributed by atoms with Gasteiger partial charge in [-0.05, 0) is 19.1 Å². The molecule has 0 aliphatic rings. The fraction of sp³-hybridized carbons (Fsp3) is 0.133. The number of benzene rings is 2. The lowest BCUT2D eigenvalue weighted by molar-refractivity contribution is 0.126. The number of halogens is 2. The highest BCUT2D eigenvalue weighted by Crippen LogP contribution is 2.13. The molecule has 0 aliphatic carbocycles. The largest absolute Gasteiger partial charge is 0.390 e. The van der Waals surface area contributed by atoms with Gasteiger partial charge in [0.2, 0.25) is 0 Å². The average Bonchev–Trinajstić information content (AvgIpc) is 2.39. The SMILES string of the molecule is Cc1ccc(/[C]=N\OCc2c(F)cccc2F)cc1. The highest BCUT2D eigenvalue weighted by molar-refractivity contribution is 5.79. The van der Waals surface area contributed by atoms with E-state index < -0.39 is 11.6 Å². The van der Waals surface area contributed by atoms with Crippen molar-refractivity contribution in [2.24, 2.45) is 5.16 Å². The van der Waals surface area contributed by atoms with E-state index in [4.69, 9.17) is 4.84 Å². The second-order valence-electron chi connectivity index (χ2n) is 4.04. The lowest BCUT2D eigenvalue weighted by Gasteiger charge is -2.02. The Labute approximate surface area is 110 Å². The molecule has 0 heterocycles. The van der Waals surface area contributed by atoms with E-state index in [1.165, 1.54) is 18.2 Å². The Hall–Kier alpha value is -2.23. The molecule has 0 amide bonds. The summed E-state index contributed by atoms with van der Waals surface area (Å²) >= 11 is 0. The Morgan fingerprint density at radius 1 is 1.05 bits per heavy atom. The first-order chi connectivity index (χ1) is 9.16. The molecule has 0 spiro atoms. The first kappa shape index (κ1) is 13.2. The van der Waals surface area contributed by atoms with Gasteiger partial charge in [-0.3, -0.25) is 0 Å². The van der Waals surface area contributed by atoms with Crippen molar-refractivity contribution in [2.45, 2.75) is 13.5 Å². The normalized spacial score (nSPS) is 10.9. The first-order valence-corrected chi connectivity index (χ1v) is 5.74. The predicted octanol–water partition coefficient (Wildman–Crippen LogP) is 3.70. The van der Waals surface area contributed by atoms with Crippen LogP contribution in [-0.2, 0) is 11.4 Å². The van der Waals surface area contributed by atoms with Gasteiger partial charge in [0.25, 0.3) is 0 Å². The Morgan fingerprint density at radius 3 is 2.32 bits per heavy atom. The molecule has 0 fully saturated rings. The van der Waals surface area contributed by atoms with Crippen molar-refractivity contribution in [1.29, 1.82) is 0 Å². The molecule has 2 aromatic carbocycles. The summed E-state index contributed by atoms with van der Waals surface area (Å²) in [6, 6.07) is 11.1. The van der Waals surface area contributed by atoms with Crippen LogP contribution in [0.2, 0.25) is 0 Å². The smallest absolute Gasteiger partial charge is 0.148 e. The highest BCUT2D eigenvalue weighted by atomic mass is 19.1. The Kier molecular flexibility index (Phi) is 4.23. The zero-order chi connectivity index (χ0) is 13.7. The molecule has 2 aromatic rings. The maximum Gasteiger partial charge on any atom is 0.148 e. The van der Waals surface area contributed by atoms with Crippen molar-refractivity contribution in [2.75, 3.05) is 0 Å². The van der Waals surface area contributed by atoms with Crippen LogP contribution in [-0.4, -0.2) is 6.21 Å². The highest BCUT2D eigenvalue weighted by Gasteiger charge is 2.08. The van der Waals surface area contributed by atoms with Crippen molar-refractivity contribution in [1.82, 2.24) is 0 Å². The van der Waals surface area contributed by atoms with E-state index in [9.17, 15) is 8.78 Å². The molecule has 2 nitrogen and oxygen atoms in total. The zero-order valence-corrected chi connectivity index (χ0v) is 10.4. The fourth-order valence-electron chi connectivity index (χ4n) is 1.48. The van der Waals surface area contributed by atoms with Crippen LogP contribution in [0.5, 0.6) is 0 Å². The quantitative estimate of drug-likeness (QED) is 0.606. The molecule has 19 heavy (non-hydrogen) atoms. The molecule has 2 rings (SSSR count). The van der Waals surface area contributed by atoms with Gasteiger partial charge in [0, 0.05) is 5.56 Å². The van der Waals surface area contributed by atoms with Crippen LogP contribution in [0.4, 0.5) is 8.78 Å². The molecule has 0 saturated carbocycles. The molecular weight excluding hydrogens is 248 g/mol. The second-order valence-corrected chi connectivity index (χ2v) is 4.04. The summed E-state index contributed by atoms with van der Waals surface area (Å²) in [7, 11) is 0. The summed E-state index contributed by atoms with van der Waals surface area (Å²) in [4.78, 5) is 4.85. The van der Waals surface area contributed by atoms with E-state index in [0.29, 0.717) is 0 Å². The fourth-order valence-corrected chi connectivity index (χ4v) is 1.48. The van der Waals surface area contributed by atoms with Gasteiger partial charge < -0.3 is 4.84 Å². The third kappa shape index (κ3) is 3.61. The molecule has 0 atom stereocenters. The van der Waals surface area contributed by atoms with Gasteiger partial charge in [-0.2, -0.15) is 0 Å².